The molecule has 11 heavy (non-hydrogen) atoms. The summed E-state index contributed by atoms with van der Waals surface area (Å²) < 4.78 is 5.74. The van der Waals surface area contributed by atoms with Crippen LogP contribution in [0.5, 0.6) is 0 Å². The van der Waals surface area contributed by atoms with Crippen LogP contribution in [0.3, 0.4) is 0 Å². The number of ether oxygens (including phenoxy) is 1. The molecular formula is C10H18O. The largest absolute Gasteiger partial charge is 0.370 e. The van der Waals surface area contributed by atoms with Crippen molar-refractivity contribution in [1.29, 1.82) is 0 Å². The van der Waals surface area contributed by atoms with Crippen LogP contribution in [0, 0.1) is 5.41 Å². The highest BCUT2D eigenvalue weighted by atomic mass is 16.5. The van der Waals surface area contributed by atoms with Crippen LogP contribution in [0.15, 0.2) is 12.2 Å². The summed E-state index contributed by atoms with van der Waals surface area (Å²) in [6, 6.07) is 0. The smallest absolute Gasteiger partial charge is 0.0882 e. The third-order valence-electron chi connectivity index (χ3n) is 2.61. The van der Waals surface area contributed by atoms with Crippen LogP contribution in [0.2, 0.25) is 0 Å². The number of hydrogen-bond donors (Lipinski definition) is 0. The van der Waals surface area contributed by atoms with Crippen molar-refractivity contribution in [2.24, 2.45) is 5.41 Å². The molecule has 1 atom stereocenters. The van der Waals surface area contributed by atoms with E-state index in [1.54, 1.807) is 0 Å². The molecule has 1 heterocycles. The fraction of sp³-hybridized carbons (Fsp3) is 0.800. The van der Waals surface area contributed by atoms with E-state index in [9.17, 15) is 0 Å². The first-order valence-electron chi connectivity index (χ1n) is 4.27. The summed E-state index contributed by atoms with van der Waals surface area (Å²) in [6.07, 6.45) is 5.47. The molecule has 0 aliphatic carbocycles. The maximum Gasteiger partial charge on any atom is 0.0882 e. The lowest BCUT2D eigenvalue weighted by molar-refractivity contribution is -0.0725. The topological polar surface area (TPSA) is 9.23 Å². The quantitative estimate of drug-likeness (QED) is 0.487. The van der Waals surface area contributed by atoms with Crippen LogP contribution in [-0.4, -0.2) is 12.2 Å². The van der Waals surface area contributed by atoms with Crippen LogP contribution in [-0.2, 0) is 4.74 Å². The van der Waals surface area contributed by atoms with Gasteiger partial charge in [-0.2, -0.15) is 0 Å². The summed E-state index contributed by atoms with van der Waals surface area (Å²) >= 11 is 0. The third kappa shape index (κ3) is 1.64. The molecule has 0 saturated heterocycles. The van der Waals surface area contributed by atoms with Gasteiger partial charge in [0.2, 0.25) is 0 Å². The Balaban J connectivity index is 2.80. The Morgan fingerprint density at radius 1 is 1.36 bits per heavy atom. The highest BCUT2D eigenvalue weighted by Gasteiger charge is 2.36. The van der Waals surface area contributed by atoms with Gasteiger partial charge in [0.1, 0.15) is 0 Å². The Hall–Kier alpha value is -0.300. The van der Waals surface area contributed by atoms with E-state index in [4.69, 9.17) is 4.74 Å². The van der Waals surface area contributed by atoms with E-state index in [0.717, 1.165) is 13.0 Å². The van der Waals surface area contributed by atoms with Gasteiger partial charge in [-0.05, 0) is 18.8 Å². The summed E-state index contributed by atoms with van der Waals surface area (Å²) in [5.74, 6) is 0. The molecule has 0 aromatic carbocycles. The molecule has 64 valence electrons. The van der Waals surface area contributed by atoms with Gasteiger partial charge in [0.25, 0.3) is 0 Å². The monoisotopic (exact) mass is 154 g/mol. The second kappa shape index (κ2) is 2.63. The summed E-state index contributed by atoms with van der Waals surface area (Å²) in [4.78, 5) is 0. The zero-order chi connectivity index (χ0) is 8.54. The summed E-state index contributed by atoms with van der Waals surface area (Å²) in [5, 5.41) is 0. The minimum Gasteiger partial charge on any atom is -0.370 e. The Morgan fingerprint density at radius 3 is 2.27 bits per heavy atom. The van der Waals surface area contributed by atoms with E-state index < -0.39 is 0 Å². The maximum atomic E-state index is 5.74. The predicted molar refractivity (Wildman–Crippen MR) is 47.6 cm³/mol. The van der Waals surface area contributed by atoms with Gasteiger partial charge in [0.05, 0.1) is 12.2 Å². The number of rotatable bonds is 0. The van der Waals surface area contributed by atoms with Gasteiger partial charge >= 0.3 is 0 Å². The third-order valence-corrected chi connectivity index (χ3v) is 2.61. The lowest BCUT2D eigenvalue weighted by Crippen LogP contribution is -2.42. The van der Waals surface area contributed by atoms with Crippen LogP contribution < -0.4 is 0 Å². The molecule has 1 nitrogen and oxygen atoms in total. The van der Waals surface area contributed by atoms with Gasteiger partial charge in [-0.3, -0.25) is 0 Å². The molecule has 0 unspecified atom stereocenters. The van der Waals surface area contributed by atoms with Gasteiger partial charge in [-0.25, -0.2) is 0 Å². The fourth-order valence-electron chi connectivity index (χ4n) is 1.16. The van der Waals surface area contributed by atoms with Crippen LogP contribution in [0.1, 0.15) is 34.1 Å². The molecule has 0 fully saturated rings. The molecule has 1 rings (SSSR count). The second-order valence-electron chi connectivity index (χ2n) is 4.40. The van der Waals surface area contributed by atoms with Gasteiger partial charge in [0, 0.05) is 0 Å². The molecule has 0 radical (unpaired) electrons. The minimum absolute atomic E-state index is 0.0642. The Bertz CT molecular complexity index is 164. The van der Waals surface area contributed by atoms with E-state index in [-0.39, 0.29) is 11.0 Å². The lowest BCUT2D eigenvalue weighted by atomic mass is 9.76. The summed E-state index contributed by atoms with van der Waals surface area (Å²) in [5.41, 5.74) is 0.134. The molecule has 1 aliphatic heterocycles. The molecule has 0 bridgehead atoms. The minimum atomic E-state index is -0.0642. The van der Waals surface area contributed by atoms with Gasteiger partial charge < -0.3 is 4.74 Å². The van der Waals surface area contributed by atoms with E-state index in [0.29, 0.717) is 0 Å². The van der Waals surface area contributed by atoms with E-state index >= 15 is 0 Å². The zero-order valence-corrected chi connectivity index (χ0v) is 7.98. The van der Waals surface area contributed by atoms with Crippen molar-refractivity contribution < 1.29 is 4.74 Å². The first kappa shape index (κ1) is 8.79. The molecule has 0 aromatic heterocycles. The average molecular weight is 154 g/mol. The van der Waals surface area contributed by atoms with E-state index in [2.05, 4.69) is 39.8 Å². The molecule has 1 aliphatic rings. The van der Waals surface area contributed by atoms with E-state index in [1.807, 2.05) is 0 Å². The van der Waals surface area contributed by atoms with Crippen LogP contribution >= 0.6 is 0 Å². The fourth-order valence-corrected chi connectivity index (χ4v) is 1.16. The van der Waals surface area contributed by atoms with Crippen LogP contribution in [0.25, 0.3) is 0 Å². The summed E-state index contributed by atoms with van der Waals surface area (Å²) in [7, 11) is 0. The first-order valence-corrected chi connectivity index (χ1v) is 4.27. The van der Waals surface area contributed by atoms with Gasteiger partial charge in [-0.1, -0.05) is 32.9 Å². The standard InChI is InChI=1S/C10H18O/c1-9(2,3)10(4)7-5-6-8-11-10/h5,7H,6,8H2,1-4H3/t10-/m1/s1. The Labute approximate surface area is 69.4 Å². The van der Waals surface area contributed by atoms with Crippen molar-refractivity contribution in [2.75, 3.05) is 6.61 Å². The Kier molecular flexibility index (Phi) is 2.10. The normalized spacial score (nSPS) is 32.4. The molecule has 0 aromatic rings. The lowest BCUT2D eigenvalue weighted by Gasteiger charge is -2.41. The van der Waals surface area contributed by atoms with Gasteiger partial charge in [0.15, 0.2) is 0 Å². The van der Waals surface area contributed by atoms with Crippen molar-refractivity contribution in [3.05, 3.63) is 12.2 Å². The summed E-state index contributed by atoms with van der Waals surface area (Å²) in [6.45, 7) is 9.65. The molecule has 0 N–H and O–H groups in total. The predicted octanol–water partition coefficient (Wildman–Crippen LogP) is 2.77. The zero-order valence-electron chi connectivity index (χ0n) is 7.98. The van der Waals surface area contributed by atoms with Crippen molar-refractivity contribution in [2.45, 2.75) is 39.7 Å². The molecule has 0 spiro atoms. The molecular weight excluding hydrogens is 136 g/mol. The van der Waals surface area contributed by atoms with Crippen molar-refractivity contribution in [3.8, 4) is 0 Å². The maximum absolute atomic E-state index is 5.74. The number of hydrogen-bond acceptors (Lipinski definition) is 1. The Morgan fingerprint density at radius 2 is 2.00 bits per heavy atom. The van der Waals surface area contributed by atoms with Crippen molar-refractivity contribution in [3.63, 3.8) is 0 Å². The molecule has 1 heteroatoms. The van der Waals surface area contributed by atoms with Gasteiger partial charge in [-0.15, -0.1) is 0 Å². The molecule has 0 saturated carbocycles. The van der Waals surface area contributed by atoms with Crippen LogP contribution in [0.4, 0.5) is 0 Å². The highest BCUT2D eigenvalue weighted by molar-refractivity contribution is 5.08. The van der Waals surface area contributed by atoms with Crippen molar-refractivity contribution in [1.82, 2.24) is 0 Å². The first-order chi connectivity index (χ1) is 4.96. The van der Waals surface area contributed by atoms with E-state index in [1.165, 1.54) is 0 Å². The molecule has 0 amide bonds. The second-order valence-corrected chi connectivity index (χ2v) is 4.40. The SMILES string of the molecule is CC(C)(C)[C@@]1(C)C=CCCO1. The van der Waals surface area contributed by atoms with Crippen molar-refractivity contribution >= 4 is 0 Å². The average Bonchev–Trinajstić information content (AvgIpc) is 1.87. The highest BCUT2D eigenvalue weighted by Crippen LogP contribution is 2.36.